The van der Waals surface area contributed by atoms with E-state index >= 15 is 0 Å². The van der Waals surface area contributed by atoms with E-state index in [1.54, 1.807) is 0 Å². The summed E-state index contributed by atoms with van der Waals surface area (Å²) in [6.45, 7) is 9.51. The molecule has 0 aromatic carbocycles. The monoisotopic (exact) mass is 194 g/mol. The van der Waals surface area contributed by atoms with E-state index < -0.39 is 8.32 Å². The average Bonchev–Trinajstić information content (AvgIpc) is 1.85. The van der Waals surface area contributed by atoms with Gasteiger partial charge < -0.3 is 8.74 Å². The van der Waals surface area contributed by atoms with E-state index in [0.717, 1.165) is 13.0 Å². The second-order valence-corrected chi connectivity index (χ2v) is 9.00. The highest BCUT2D eigenvalue weighted by molar-refractivity contribution is 7.29. The molecule has 0 rings (SSSR count). The molecule has 0 heterocycles. The van der Waals surface area contributed by atoms with Crippen LogP contribution in [0.5, 0.6) is 0 Å². The minimum Gasteiger partial charge on any atom is -0.378 e. The third kappa shape index (κ3) is 10.6. The van der Waals surface area contributed by atoms with Gasteiger partial charge in [-0.05, 0) is 26.1 Å². The Morgan fingerprint density at radius 2 is 1.91 bits per heavy atom. The van der Waals surface area contributed by atoms with Crippen molar-refractivity contribution in [2.45, 2.75) is 39.4 Å². The summed E-state index contributed by atoms with van der Waals surface area (Å²) in [5.74, 6) is 0. The summed E-state index contributed by atoms with van der Waals surface area (Å²) in [6, 6.07) is 0. The molecule has 0 aliphatic carbocycles. The Labute approximate surface area is 72.7 Å². The topological polar surface area (TPSA) is 18.5 Å². The number of hydrogen-bond donors (Lipinski definition) is 0. The fraction of sp³-hybridized carbons (Fsp3) is 1.00. The van der Waals surface area contributed by atoms with Gasteiger partial charge in [0.1, 0.15) is 9.03 Å². The minimum atomic E-state index is -1.33. The Morgan fingerprint density at radius 1 is 1.27 bits per heavy atom. The summed E-state index contributed by atoms with van der Waals surface area (Å²) in [5, 5.41) is 0. The maximum absolute atomic E-state index is 5.52. The molecule has 4 heteroatoms. The SMILES string of the molecule is CCCCOPO[Si](C)(C)C. The van der Waals surface area contributed by atoms with Crippen molar-refractivity contribution in [3.8, 4) is 0 Å². The quantitative estimate of drug-likeness (QED) is 0.367. The van der Waals surface area contributed by atoms with Crippen molar-refractivity contribution in [1.82, 2.24) is 0 Å². The molecule has 1 atom stereocenters. The van der Waals surface area contributed by atoms with E-state index in [4.69, 9.17) is 8.74 Å². The van der Waals surface area contributed by atoms with Crippen LogP contribution < -0.4 is 0 Å². The van der Waals surface area contributed by atoms with Gasteiger partial charge in [0.05, 0.1) is 6.61 Å². The van der Waals surface area contributed by atoms with Crippen LogP contribution in [0.4, 0.5) is 0 Å². The zero-order valence-electron chi connectivity index (χ0n) is 7.94. The lowest BCUT2D eigenvalue weighted by atomic mass is 10.4. The molecule has 0 N–H and O–H groups in total. The van der Waals surface area contributed by atoms with Crippen LogP contribution in [-0.4, -0.2) is 14.9 Å². The fourth-order valence-corrected chi connectivity index (χ4v) is 1.88. The number of hydrogen-bond acceptors (Lipinski definition) is 2. The Balaban J connectivity index is 3.02. The van der Waals surface area contributed by atoms with Gasteiger partial charge in [-0.25, -0.2) is 0 Å². The molecule has 11 heavy (non-hydrogen) atoms. The van der Waals surface area contributed by atoms with Crippen molar-refractivity contribution in [1.29, 1.82) is 0 Å². The van der Waals surface area contributed by atoms with Crippen molar-refractivity contribution in [2.75, 3.05) is 6.61 Å². The van der Waals surface area contributed by atoms with Crippen molar-refractivity contribution in [2.24, 2.45) is 0 Å². The number of unbranched alkanes of at least 4 members (excludes halogenated alkanes) is 1. The molecule has 0 aromatic heterocycles. The van der Waals surface area contributed by atoms with E-state index in [1.165, 1.54) is 6.42 Å². The zero-order chi connectivity index (χ0) is 8.74. The summed E-state index contributed by atoms with van der Waals surface area (Å²) in [6.07, 6.45) is 2.33. The molecule has 0 amide bonds. The summed E-state index contributed by atoms with van der Waals surface area (Å²) in [5.41, 5.74) is 0. The van der Waals surface area contributed by atoms with Crippen LogP contribution in [0.25, 0.3) is 0 Å². The maximum Gasteiger partial charge on any atom is 0.191 e. The molecule has 0 radical (unpaired) electrons. The fourth-order valence-electron chi connectivity index (χ4n) is 0.413. The van der Waals surface area contributed by atoms with Gasteiger partial charge in [0.15, 0.2) is 8.32 Å². The standard InChI is InChI=1S/C7H19O2PSi/c1-5-6-7-8-10-9-11(2,3)4/h10H,5-7H2,1-4H3. The minimum absolute atomic E-state index is 0.255. The summed E-state index contributed by atoms with van der Waals surface area (Å²) < 4.78 is 10.8. The van der Waals surface area contributed by atoms with Crippen LogP contribution in [0.15, 0.2) is 0 Å². The molecule has 68 valence electrons. The molecule has 0 aliphatic rings. The predicted octanol–water partition coefficient (Wildman–Crippen LogP) is 3.16. The second kappa shape index (κ2) is 6.12. The van der Waals surface area contributed by atoms with Gasteiger partial charge in [-0.1, -0.05) is 13.3 Å². The molecule has 0 aliphatic heterocycles. The first-order valence-corrected chi connectivity index (χ1v) is 8.33. The Hall–Kier alpha value is 0.567. The van der Waals surface area contributed by atoms with Gasteiger partial charge in [0.2, 0.25) is 0 Å². The smallest absolute Gasteiger partial charge is 0.191 e. The molecular weight excluding hydrogens is 175 g/mol. The van der Waals surface area contributed by atoms with Gasteiger partial charge in [-0.3, -0.25) is 0 Å². The van der Waals surface area contributed by atoms with E-state index in [1.807, 2.05) is 0 Å². The van der Waals surface area contributed by atoms with E-state index in [9.17, 15) is 0 Å². The van der Waals surface area contributed by atoms with Gasteiger partial charge in [-0.2, -0.15) is 0 Å². The van der Waals surface area contributed by atoms with Crippen molar-refractivity contribution in [3.05, 3.63) is 0 Å². The highest BCUT2D eigenvalue weighted by atomic mass is 31.1. The number of rotatable bonds is 6. The summed E-state index contributed by atoms with van der Waals surface area (Å²) in [7, 11) is -1.07. The van der Waals surface area contributed by atoms with Gasteiger partial charge in [0, 0.05) is 0 Å². The van der Waals surface area contributed by atoms with Crippen LogP contribution in [0, 0.1) is 0 Å². The molecular formula is C7H19O2PSi. The van der Waals surface area contributed by atoms with Gasteiger partial charge in [0.25, 0.3) is 0 Å². The van der Waals surface area contributed by atoms with E-state index in [0.29, 0.717) is 0 Å². The highest BCUT2D eigenvalue weighted by Gasteiger charge is 2.13. The molecule has 0 saturated carbocycles. The van der Waals surface area contributed by atoms with Gasteiger partial charge in [-0.15, -0.1) is 0 Å². The molecule has 0 bridgehead atoms. The Bertz CT molecular complexity index is 92.9. The highest BCUT2D eigenvalue weighted by Crippen LogP contribution is 2.21. The lowest BCUT2D eigenvalue weighted by Crippen LogP contribution is -2.20. The predicted molar refractivity (Wildman–Crippen MR) is 53.6 cm³/mol. The van der Waals surface area contributed by atoms with E-state index in [2.05, 4.69) is 26.6 Å². The maximum atomic E-state index is 5.52. The summed E-state index contributed by atoms with van der Waals surface area (Å²) >= 11 is 0. The van der Waals surface area contributed by atoms with Crippen LogP contribution >= 0.6 is 9.03 Å². The third-order valence-corrected chi connectivity index (χ3v) is 4.11. The first-order chi connectivity index (χ1) is 5.06. The zero-order valence-corrected chi connectivity index (χ0v) is 9.94. The molecule has 0 aromatic rings. The van der Waals surface area contributed by atoms with Crippen molar-refractivity contribution in [3.63, 3.8) is 0 Å². The molecule has 1 unspecified atom stereocenters. The normalized spacial score (nSPS) is 13.1. The van der Waals surface area contributed by atoms with Crippen LogP contribution in [0.3, 0.4) is 0 Å². The average molecular weight is 194 g/mol. The first kappa shape index (κ1) is 11.6. The second-order valence-electron chi connectivity index (χ2n) is 3.50. The lowest BCUT2D eigenvalue weighted by Gasteiger charge is -2.15. The van der Waals surface area contributed by atoms with Crippen LogP contribution in [0.1, 0.15) is 19.8 Å². The molecule has 0 saturated heterocycles. The first-order valence-electron chi connectivity index (χ1n) is 4.11. The van der Waals surface area contributed by atoms with Crippen LogP contribution in [0.2, 0.25) is 19.6 Å². The Kier molecular flexibility index (Phi) is 6.44. The summed E-state index contributed by atoms with van der Waals surface area (Å²) in [4.78, 5) is 0. The lowest BCUT2D eigenvalue weighted by molar-refractivity contribution is 0.320. The molecule has 0 spiro atoms. The van der Waals surface area contributed by atoms with Crippen molar-refractivity contribution < 1.29 is 8.74 Å². The largest absolute Gasteiger partial charge is 0.378 e. The third-order valence-electron chi connectivity index (χ3n) is 1.01. The van der Waals surface area contributed by atoms with Crippen LogP contribution in [-0.2, 0) is 8.74 Å². The van der Waals surface area contributed by atoms with Gasteiger partial charge >= 0.3 is 0 Å². The van der Waals surface area contributed by atoms with E-state index in [-0.39, 0.29) is 9.03 Å². The molecule has 2 nitrogen and oxygen atoms in total. The molecule has 0 fully saturated rings. The Morgan fingerprint density at radius 3 is 2.36 bits per heavy atom. The van der Waals surface area contributed by atoms with Crippen molar-refractivity contribution >= 4 is 17.4 Å².